The fraction of sp³-hybridized carbons (Fsp3) is 0.381. The normalized spacial score (nSPS) is 13.2. The molecule has 3 rings (SSSR count). The minimum atomic E-state index is -4.51. The molecule has 0 fully saturated rings. The van der Waals surface area contributed by atoms with Gasteiger partial charge >= 0.3 is 6.18 Å². The summed E-state index contributed by atoms with van der Waals surface area (Å²) in [5, 5.41) is 2.55. The fourth-order valence-corrected chi connectivity index (χ4v) is 3.90. The maximum absolute atomic E-state index is 13.0. The minimum Gasteiger partial charge on any atom is -0.489 e. The predicted molar refractivity (Wildman–Crippen MR) is 107 cm³/mol. The summed E-state index contributed by atoms with van der Waals surface area (Å²) in [4.78, 5) is 13.3. The number of alkyl halides is 3. The van der Waals surface area contributed by atoms with Gasteiger partial charge in [-0.05, 0) is 60.7 Å². The van der Waals surface area contributed by atoms with Crippen LogP contribution in [0.25, 0.3) is 0 Å². The van der Waals surface area contributed by atoms with E-state index in [4.69, 9.17) is 9.47 Å². The number of benzene rings is 2. The fourth-order valence-electron chi connectivity index (χ4n) is 3.14. The molecular weight excluding hydrogens is 403 g/mol. The number of hydrogen-bond acceptors (Lipinski definition) is 4. The summed E-state index contributed by atoms with van der Waals surface area (Å²) in [6.07, 6.45) is -1.24. The average Bonchev–Trinajstić information content (AvgIpc) is 3.14. The lowest BCUT2D eigenvalue weighted by molar-refractivity contribution is -0.137. The number of amides is 1. The summed E-state index contributed by atoms with van der Waals surface area (Å²) >= 11 is 1.36. The molecule has 1 aliphatic carbocycles. The van der Waals surface area contributed by atoms with E-state index >= 15 is 0 Å². The van der Waals surface area contributed by atoms with Crippen LogP contribution in [0.5, 0.6) is 5.75 Å². The Morgan fingerprint density at radius 2 is 1.90 bits per heavy atom. The number of carbonyl (C=O) groups excluding carboxylic acids is 1. The average molecular weight is 425 g/mol. The van der Waals surface area contributed by atoms with Gasteiger partial charge in [-0.2, -0.15) is 13.2 Å². The van der Waals surface area contributed by atoms with Gasteiger partial charge in [0.25, 0.3) is 0 Å². The first kappa shape index (κ1) is 21.5. The van der Waals surface area contributed by atoms with E-state index in [2.05, 4.69) is 17.4 Å². The third kappa shape index (κ3) is 5.90. The van der Waals surface area contributed by atoms with E-state index in [1.54, 1.807) is 0 Å². The molecule has 0 heterocycles. The molecule has 2 aromatic carbocycles. The van der Waals surface area contributed by atoms with E-state index in [0.29, 0.717) is 0 Å². The number of nitrogens with one attached hydrogen (secondary N) is 1. The van der Waals surface area contributed by atoms with Gasteiger partial charge in [0, 0.05) is 12.0 Å². The first-order valence-electron chi connectivity index (χ1n) is 9.24. The molecule has 1 N–H and O–H groups in total. The second kappa shape index (κ2) is 9.54. The number of aryl methyl sites for hydroxylation is 2. The highest BCUT2D eigenvalue weighted by atomic mass is 32.2. The maximum atomic E-state index is 13.0. The van der Waals surface area contributed by atoms with Gasteiger partial charge in [0.15, 0.2) is 0 Å². The van der Waals surface area contributed by atoms with Crippen molar-refractivity contribution in [3.05, 3.63) is 53.1 Å². The van der Waals surface area contributed by atoms with Crippen LogP contribution in [-0.2, 0) is 28.5 Å². The molecule has 1 amide bonds. The van der Waals surface area contributed by atoms with Crippen molar-refractivity contribution in [2.75, 3.05) is 31.4 Å². The summed E-state index contributed by atoms with van der Waals surface area (Å²) < 4.78 is 49.5. The third-order valence-electron chi connectivity index (χ3n) is 4.57. The molecule has 0 spiro atoms. The Kier molecular flexibility index (Phi) is 7.08. The Labute approximate surface area is 171 Å². The molecule has 0 unspecified atom stereocenters. The minimum absolute atomic E-state index is 0.00418. The maximum Gasteiger partial charge on any atom is 0.416 e. The zero-order valence-electron chi connectivity index (χ0n) is 16.0. The number of rotatable bonds is 8. The van der Waals surface area contributed by atoms with E-state index in [-0.39, 0.29) is 30.4 Å². The molecule has 0 aromatic heterocycles. The monoisotopic (exact) mass is 425 g/mol. The molecule has 29 heavy (non-hydrogen) atoms. The SMILES string of the molecule is COCCOc1ccc(C(F)(F)F)cc1NC(=O)CSc1ccc2c(c1)CCC2. The highest BCUT2D eigenvalue weighted by molar-refractivity contribution is 8.00. The van der Waals surface area contributed by atoms with Crippen LogP contribution in [-0.4, -0.2) is 32.0 Å². The zero-order chi connectivity index (χ0) is 20.9. The van der Waals surface area contributed by atoms with Gasteiger partial charge in [-0.1, -0.05) is 6.07 Å². The van der Waals surface area contributed by atoms with Crippen LogP contribution in [0.2, 0.25) is 0 Å². The van der Waals surface area contributed by atoms with Crippen molar-refractivity contribution in [1.82, 2.24) is 0 Å². The number of hydrogen-bond donors (Lipinski definition) is 1. The Morgan fingerprint density at radius 1 is 1.10 bits per heavy atom. The first-order valence-corrected chi connectivity index (χ1v) is 10.2. The lowest BCUT2D eigenvalue weighted by Crippen LogP contribution is -2.17. The number of halogens is 3. The molecule has 8 heteroatoms. The molecule has 1 aliphatic rings. The number of methoxy groups -OCH3 is 1. The van der Waals surface area contributed by atoms with Crippen molar-refractivity contribution < 1.29 is 27.4 Å². The van der Waals surface area contributed by atoms with Crippen molar-refractivity contribution in [2.24, 2.45) is 0 Å². The Hall–Kier alpha value is -2.19. The number of ether oxygens (including phenoxy) is 2. The van der Waals surface area contributed by atoms with E-state index in [1.165, 1.54) is 36.1 Å². The molecule has 0 bridgehead atoms. The molecule has 0 aliphatic heterocycles. The summed E-state index contributed by atoms with van der Waals surface area (Å²) in [5.41, 5.74) is 1.80. The van der Waals surface area contributed by atoms with Crippen LogP contribution < -0.4 is 10.1 Å². The highest BCUT2D eigenvalue weighted by Crippen LogP contribution is 2.35. The summed E-state index contributed by atoms with van der Waals surface area (Å²) in [5.74, 6) is -0.135. The van der Waals surface area contributed by atoms with E-state index in [1.807, 2.05) is 6.07 Å². The Balaban J connectivity index is 1.66. The smallest absolute Gasteiger partial charge is 0.416 e. The summed E-state index contributed by atoms with van der Waals surface area (Å²) in [6.45, 7) is 0.442. The quantitative estimate of drug-likeness (QED) is 0.480. The second-order valence-corrected chi connectivity index (χ2v) is 7.72. The standard InChI is InChI=1S/C21H22F3NO3S/c1-27-9-10-28-19-8-6-16(21(22,23)24)12-18(19)25-20(26)13-29-17-7-5-14-3-2-4-15(14)11-17/h5-8,11-12H,2-4,9-10,13H2,1H3,(H,25,26). The van der Waals surface area contributed by atoms with Gasteiger partial charge in [-0.15, -0.1) is 11.8 Å². The van der Waals surface area contributed by atoms with Gasteiger partial charge in [0.2, 0.25) is 5.91 Å². The van der Waals surface area contributed by atoms with Crippen LogP contribution in [0.15, 0.2) is 41.3 Å². The topological polar surface area (TPSA) is 47.6 Å². The lowest BCUT2D eigenvalue weighted by Gasteiger charge is -2.15. The van der Waals surface area contributed by atoms with Gasteiger partial charge < -0.3 is 14.8 Å². The lowest BCUT2D eigenvalue weighted by atomic mass is 10.1. The van der Waals surface area contributed by atoms with E-state index in [0.717, 1.165) is 36.3 Å². The van der Waals surface area contributed by atoms with Crippen LogP contribution >= 0.6 is 11.8 Å². The van der Waals surface area contributed by atoms with Crippen molar-refractivity contribution in [2.45, 2.75) is 30.3 Å². The number of thioether (sulfide) groups is 1. The van der Waals surface area contributed by atoms with Crippen molar-refractivity contribution in [1.29, 1.82) is 0 Å². The van der Waals surface area contributed by atoms with Crippen molar-refractivity contribution in [3.63, 3.8) is 0 Å². The molecule has 0 atom stereocenters. The molecule has 0 saturated heterocycles. The van der Waals surface area contributed by atoms with E-state index < -0.39 is 17.6 Å². The van der Waals surface area contributed by atoms with Gasteiger partial charge in [0.05, 0.1) is 23.6 Å². The van der Waals surface area contributed by atoms with Crippen LogP contribution in [0.4, 0.5) is 18.9 Å². The molecule has 0 saturated carbocycles. The molecular formula is C21H22F3NO3S. The van der Waals surface area contributed by atoms with Gasteiger partial charge in [-0.3, -0.25) is 4.79 Å². The summed E-state index contributed by atoms with van der Waals surface area (Å²) in [7, 11) is 1.50. The molecule has 2 aromatic rings. The molecule has 156 valence electrons. The molecule has 4 nitrogen and oxygen atoms in total. The van der Waals surface area contributed by atoms with Crippen molar-refractivity contribution in [3.8, 4) is 5.75 Å². The zero-order valence-corrected chi connectivity index (χ0v) is 16.8. The van der Waals surface area contributed by atoms with Crippen LogP contribution in [0.1, 0.15) is 23.1 Å². The number of fused-ring (bicyclic) bond motifs is 1. The largest absolute Gasteiger partial charge is 0.489 e. The number of anilines is 1. The highest BCUT2D eigenvalue weighted by Gasteiger charge is 2.31. The van der Waals surface area contributed by atoms with Crippen LogP contribution in [0.3, 0.4) is 0 Å². The summed E-state index contributed by atoms with van der Waals surface area (Å²) in [6, 6.07) is 9.17. The van der Waals surface area contributed by atoms with Gasteiger partial charge in [0.1, 0.15) is 12.4 Å². The second-order valence-electron chi connectivity index (χ2n) is 6.67. The Bertz CT molecular complexity index is 871. The third-order valence-corrected chi connectivity index (χ3v) is 5.56. The first-order chi connectivity index (χ1) is 13.9. The van der Waals surface area contributed by atoms with Crippen LogP contribution in [0, 0.1) is 0 Å². The van der Waals surface area contributed by atoms with Crippen molar-refractivity contribution >= 4 is 23.4 Å². The predicted octanol–water partition coefficient (Wildman–Crippen LogP) is 4.95. The van der Waals surface area contributed by atoms with E-state index in [9.17, 15) is 18.0 Å². The molecule has 0 radical (unpaired) electrons. The number of carbonyl (C=O) groups is 1. The van der Waals surface area contributed by atoms with Gasteiger partial charge in [-0.25, -0.2) is 0 Å². The Morgan fingerprint density at radius 3 is 2.66 bits per heavy atom.